The quantitative estimate of drug-likeness (QED) is 0.449. The average molecular weight is 490 g/mol. The molecule has 36 heavy (non-hydrogen) atoms. The number of hydrogen-bond acceptors (Lipinski definition) is 5. The first-order chi connectivity index (χ1) is 17.3. The first-order valence-electron chi connectivity index (χ1n) is 11.4. The molecule has 4 aromatic rings. The molecule has 1 aliphatic heterocycles. The number of amides is 2. The molecule has 0 unspecified atom stereocenters. The molecule has 10 heteroatoms. The van der Waals surface area contributed by atoms with E-state index in [9.17, 15) is 18.8 Å². The van der Waals surface area contributed by atoms with Gasteiger partial charge >= 0.3 is 0 Å². The Morgan fingerprint density at radius 1 is 1.06 bits per heavy atom. The molecular formula is C26H24FN5O4. The summed E-state index contributed by atoms with van der Waals surface area (Å²) in [6, 6.07) is 15.1. The van der Waals surface area contributed by atoms with E-state index in [0.717, 1.165) is 5.56 Å². The molecule has 2 amide bonds. The van der Waals surface area contributed by atoms with E-state index in [1.165, 1.54) is 23.7 Å². The number of aromatic nitrogens is 3. The predicted molar refractivity (Wildman–Crippen MR) is 132 cm³/mol. The van der Waals surface area contributed by atoms with Crippen LogP contribution < -0.4 is 15.6 Å². The van der Waals surface area contributed by atoms with Crippen molar-refractivity contribution in [2.24, 2.45) is 0 Å². The largest absolute Gasteiger partial charge is 0.486 e. The maximum Gasteiger partial charge on any atom is 0.280 e. The Balaban J connectivity index is 1.73. The van der Waals surface area contributed by atoms with E-state index in [4.69, 9.17) is 4.74 Å². The fraction of sp³-hybridized carbons (Fsp3) is 0.231. The number of anilines is 1. The van der Waals surface area contributed by atoms with E-state index >= 15 is 0 Å². The Kier molecular flexibility index (Phi) is 6.01. The van der Waals surface area contributed by atoms with Gasteiger partial charge in [0.25, 0.3) is 11.5 Å². The smallest absolute Gasteiger partial charge is 0.280 e. The number of rotatable bonds is 6. The first kappa shape index (κ1) is 23.3. The first-order valence-corrected chi connectivity index (χ1v) is 11.4. The Labute approximate surface area is 205 Å². The van der Waals surface area contributed by atoms with E-state index < -0.39 is 11.4 Å². The number of halogens is 1. The van der Waals surface area contributed by atoms with Crippen molar-refractivity contribution in [1.82, 2.24) is 19.2 Å². The molecule has 0 saturated heterocycles. The fourth-order valence-corrected chi connectivity index (χ4v) is 4.34. The van der Waals surface area contributed by atoms with Gasteiger partial charge in [-0.1, -0.05) is 42.5 Å². The molecule has 0 saturated carbocycles. The number of nitrogens with zero attached hydrogens (tertiary/aromatic N) is 4. The molecule has 1 aliphatic rings. The van der Waals surface area contributed by atoms with Crippen LogP contribution in [0.15, 0.2) is 59.4 Å². The molecule has 0 atom stereocenters. The number of ether oxygens (including phenoxy) is 1. The van der Waals surface area contributed by atoms with Crippen LogP contribution in [0.25, 0.3) is 10.9 Å². The van der Waals surface area contributed by atoms with E-state index in [0.29, 0.717) is 24.2 Å². The van der Waals surface area contributed by atoms with E-state index in [-0.39, 0.29) is 47.6 Å². The minimum atomic E-state index is -0.483. The monoisotopic (exact) mass is 489 g/mol. The summed E-state index contributed by atoms with van der Waals surface area (Å²) < 4.78 is 22.4. The Bertz CT molecular complexity index is 1530. The predicted octanol–water partition coefficient (Wildman–Crippen LogP) is 3.01. The van der Waals surface area contributed by atoms with Gasteiger partial charge in [0.15, 0.2) is 17.3 Å². The third-order valence-electron chi connectivity index (χ3n) is 6.09. The van der Waals surface area contributed by atoms with Crippen LogP contribution in [0.4, 0.5) is 10.2 Å². The van der Waals surface area contributed by atoms with Crippen molar-refractivity contribution >= 4 is 28.5 Å². The van der Waals surface area contributed by atoms with Crippen LogP contribution in [-0.2, 0) is 24.5 Å². The lowest BCUT2D eigenvalue weighted by Gasteiger charge is -2.25. The highest BCUT2D eigenvalue weighted by molar-refractivity contribution is 6.08. The topological polar surface area (TPSA) is 98.5 Å². The van der Waals surface area contributed by atoms with Crippen molar-refractivity contribution in [3.05, 3.63) is 87.6 Å². The van der Waals surface area contributed by atoms with Gasteiger partial charge in [-0.3, -0.25) is 14.4 Å². The Morgan fingerprint density at radius 3 is 2.47 bits per heavy atom. The lowest BCUT2D eigenvalue weighted by Crippen LogP contribution is -2.37. The number of fused-ring (bicyclic) bond motifs is 3. The Hall–Kier alpha value is -4.47. The molecule has 2 aromatic heterocycles. The van der Waals surface area contributed by atoms with Crippen LogP contribution in [0.3, 0.4) is 0 Å². The Morgan fingerprint density at radius 2 is 1.78 bits per heavy atom. The van der Waals surface area contributed by atoms with Crippen LogP contribution in [0, 0.1) is 5.82 Å². The third-order valence-corrected chi connectivity index (χ3v) is 6.09. The highest BCUT2D eigenvalue weighted by atomic mass is 19.1. The van der Waals surface area contributed by atoms with Gasteiger partial charge in [0.1, 0.15) is 23.3 Å². The van der Waals surface area contributed by atoms with Gasteiger partial charge in [-0.2, -0.15) is 0 Å². The van der Waals surface area contributed by atoms with Crippen LogP contribution in [0.1, 0.15) is 28.5 Å². The normalized spacial score (nSPS) is 13.1. The third kappa shape index (κ3) is 4.21. The molecule has 1 N–H and O–H groups in total. The van der Waals surface area contributed by atoms with Gasteiger partial charge in [-0.05, 0) is 23.3 Å². The SMILES string of the molecule is CC(=O)Nc1nn(Cc2ccc(F)cc2)c(=O)c2c(OCc3ccccc3)c3n(c12)CCN(C)C3=O. The van der Waals surface area contributed by atoms with Gasteiger partial charge < -0.3 is 19.5 Å². The summed E-state index contributed by atoms with van der Waals surface area (Å²) in [6.45, 7) is 2.34. The molecule has 2 aromatic carbocycles. The van der Waals surface area contributed by atoms with E-state index in [2.05, 4.69) is 10.4 Å². The molecule has 5 rings (SSSR count). The lowest BCUT2D eigenvalue weighted by atomic mass is 10.2. The summed E-state index contributed by atoms with van der Waals surface area (Å²) in [6.07, 6.45) is 0. The molecule has 0 aliphatic carbocycles. The van der Waals surface area contributed by atoms with Gasteiger partial charge in [0, 0.05) is 27.1 Å². The maximum absolute atomic E-state index is 13.8. The zero-order chi connectivity index (χ0) is 25.4. The van der Waals surface area contributed by atoms with E-state index in [1.54, 1.807) is 28.6 Å². The second-order valence-electron chi connectivity index (χ2n) is 8.67. The summed E-state index contributed by atoms with van der Waals surface area (Å²) in [5.41, 5.74) is 1.60. The number of hydrogen-bond donors (Lipinski definition) is 1. The number of carbonyl (C=O) groups is 2. The van der Waals surface area contributed by atoms with Gasteiger partial charge in [-0.15, -0.1) is 5.10 Å². The summed E-state index contributed by atoms with van der Waals surface area (Å²) >= 11 is 0. The molecule has 0 bridgehead atoms. The molecule has 9 nitrogen and oxygen atoms in total. The van der Waals surface area contributed by atoms with Crippen LogP contribution in [0.5, 0.6) is 5.75 Å². The highest BCUT2D eigenvalue weighted by Crippen LogP contribution is 2.37. The van der Waals surface area contributed by atoms with Crippen LogP contribution in [-0.4, -0.2) is 44.7 Å². The number of benzene rings is 2. The van der Waals surface area contributed by atoms with Gasteiger partial charge in [-0.25, -0.2) is 9.07 Å². The minimum absolute atomic E-state index is 0.0358. The molecule has 184 valence electrons. The van der Waals surface area contributed by atoms with Crippen molar-refractivity contribution in [3.8, 4) is 5.75 Å². The molecule has 0 radical (unpaired) electrons. The summed E-state index contributed by atoms with van der Waals surface area (Å²) in [7, 11) is 1.68. The van der Waals surface area contributed by atoms with Crippen LogP contribution in [0.2, 0.25) is 0 Å². The molecule has 0 spiro atoms. The zero-order valence-electron chi connectivity index (χ0n) is 19.8. The summed E-state index contributed by atoms with van der Waals surface area (Å²) in [5, 5.41) is 7.28. The number of carbonyl (C=O) groups excluding carboxylic acids is 2. The highest BCUT2D eigenvalue weighted by Gasteiger charge is 2.34. The molecular weight excluding hydrogens is 465 g/mol. The van der Waals surface area contributed by atoms with Gasteiger partial charge in [0.05, 0.1) is 6.54 Å². The second-order valence-corrected chi connectivity index (χ2v) is 8.67. The fourth-order valence-electron chi connectivity index (χ4n) is 4.34. The standard InChI is InChI=1S/C26H24FN5O4/c1-16(33)28-24-21-20(25(34)32(29-24)14-17-8-10-19(27)11-9-17)23(36-15-18-6-4-3-5-7-18)22-26(35)30(2)12-13-31(21)22/h3-11H,12-15H2,1-2H3,(H,28,29,33). The van der Waals surface area contributed by atoms with Crippen molar-refractivity contribution in [2.75, 3.05) is 18.9 Å². The minimum Gasteiger partial charge on any atom is -0.486 e. The van der Waals surface area contributed by atoms with Crippen molar-refractivity contribution < 1.29 is 18.7 Å². The van der Waals surface area contributed by atoms with Crippen molar-refractivity contribution in [1.29, 1.82) is 0 Å². The second kappa shape index (κ2) is 9.29. The lowest BCUT2D eigenvalue weighted by molar-refractivity contribution is -0.114. The summed E-state index contributed by atoms with van der Waals surface area (Å²) in [5.74, 6) is -0.770. The maximum atomic E-state index is 13.8. The van der Waals surface area contributed by atoms with Crippen molar-refractivity contribution in [2.45, 2.75) is 26.6 Å². The zero-order valence-corrected chi connectivity index (χ0v) is 19.8. The average Bonchev–Trinajstić information content (AvgIpc) is 3.20. The van der Waals surface area contributed by atoms with Gasteiger partial charge in [0.2, 0.25) is 5.91 Å². The number of nitrogens with one attached hydrogen (secondary N) is 1. The molecule has 3 heterocycles. The number of likely N-dealkylation sites (N-methyl/N-ethyl adjacent to an activating group) is 1. The van der Waals surface area contributed by atoms with E-state index in [1.807, 2.05) is 30.3 Å². The molecule has 0 fully saturated rings. The van der Waals surface area contributed by atoms with Crippen LogP contribution >= 0.6 is 0 Å². The van der Waals surface area contributed by atoms with Crippen molar-refractivity contribution in [3.63, 3.8) is 0 Å². The summed E-state index contributed by atoms with van der Waals surface area (Å²) in [4.78, 5) is 40.6.